The summed E-state index contributed by atoms with van der Waals surface area (Å²) in [5.74, 6) is 5.71. The predicted molar refractivity (Wildman–Crippen MR) is 73.8 cm³/mol. The third kappa shape index (κ3) is 3.54. The van der Waals surface area contributed by atoms with Crippen LogP contribution < -0.4 is 20.7 Å². The molecular weight excluding hydrogens is 278 g/mol. The summed E-state index contributed by atoms with van der Waals surface area (Å²) in [7, 11) is 1.55. The normalized spacial score (nSPS) is 10.0. The van der Waals surface area contributed by atoms with E-state index in [9.17, 15) is 10.1 Å². The zero-order chi connectivity index (χ0) is 15.2. The maximum Gasteiger partial charge on any atom is 0.349 e. The van der Waals surface area contributed by atoms with Gasteiger partial charge in [0.15, 0.2) is 0 Å². The molecule has 110 valence electrons. The second kappa shape index (κ2) is 6.48. The summed E-state index contributed by atoms with van der Waals surface area (Å²) >= 11 is 0. The first-order valence-corrected chi connectivity index (χ1v) is 5.88. The molecule has 0 fully saturated rings. The molecule has 9 nitrogen and oxygen atoms in total. The lowest BCUT2D eigenvalue weighted by Gasteiger charge is -2.08. The molecule has 3 N–H and O–H groups in total. The number of ether oxygens (including phenoxy) is 2. The highest BCUT2D eigenvalue weighted by Crippen LogP contribution is 2.25. The molecule has 0 spiro atoms. The number of nitrogens with two attached hydrogens (primary N) is 1. The molecule has 0 saturated heterocycles. The minimum absolute atomic E-state index is 0.0289. The topological polar surface area (TPSA) is 125 Å². The van der Waals surface area contributed by atoms with Gasteiger partial charge in [0.1, 0.15) is 18.6 Å². The second-order valence-corrected chi connectivity index (χ2v) is 3.93. The van der Waals surface area contributed by atoms with Crippen molar-refractivity contribution in [2.45, 2.75) is 6.61 Å². The number of nitrogens with one attached hydrogen (secondary N) is 1. The highest BCUT2D eigenvalue weighted by atomic mass is 16.6. The molecule has 1 aromatic heterocycles. The first-order chi connectivity index (χ1) is 10.1. The van der Waals surface area contributed by atoms with Crippen molar-refractivity contribution in [3.8, 4) is 11.6 Å². The lowest BCUT2D eigenvalue weighted by molar-refractivity contribution is -0.386. The smallest absolute Gasteiger partial charge is 0.349 e. The Morgan fingerprint density at radius 2 is 2.29 bits per heavy atom. The summed E-state index contributed by atoms with van der Waals surface area (Å²) in [5.41, 5.74) is 2.65. The highest BCUT2D eigenvalue weighted by Gasteiger charge is 2.19. The van der Waals surface area contributed by atoms with E-state index in [4.69, 9.17) is 15.3 Å². The molecule has 21 heavy (non-hydrogen) atoms. The van der Waals surface area contributed by atoms with Crippen LogP contribution in [0.5, 0.6) is 11.6 Å². The summed E-state index contributed by atoms with van der Waals surface area (Å²) in [5, 5.41) is 10.9. The van der Waals surface area contributed by atoms with E-state index in [1.54, 1.807) is 31.4 Å². The van der Waals surface area contributed by atoms with E-state index >= 15 is 0 Å². The third-order valence-corrected chi connectivity index (χ3v) is 2.57. The molecule has 0 amide bonds. The Kier molecular flexibility index (Phi) is 4.46. The Morgan fingerprint density at radius 1 is 1.48 bits per heavy atom. The molecule has 0 aliphatic carbocycles. The SMILES string of the molecule is COc1cccc(COc2nc(NN)ncc2[N+](=O)[O-])c1. The number of aromatic nitrogens is 2. The van der Waals surface area contributed by atoms with Crippen molar-refractivity contribution < 1.29 is 14.4 Å². The number of hydrogen-bond donors (Lipinski definition) is 2. The van der Waals surface area contributed by atoms with Crippen molar-refractivity contribution in [1.82, 2.24) is 9.97 Å². The summed E-state index contributed by atoms with van der Waals surface area (Å²) in [6, 6.07) is 7.14. The fourth-order valence-electron chi connectivity index (χ4n) is 1.57. The van der Waals surface area contributed by atoms with Gasteiger partial charge in [0.2, 0.25) is 5.95 Å². The molecule has 0 atom stereocenters. The van der Waals surface area contributed by atoms with Crippen molar-refractivity contribution in [3.05, 3.63) is 46.1 Å². The van der Waals surface area contributed by atoms with Gasteiger partial charge in [-0.1, -0.05) is 12.1 Å². The fourth-order valence-corrected chi connectivity index (χ4v) is 1.57. The van der Waals surface area contributed by atoms with Crippen LogP contribution in [0.3, 0.4) is 0 Å². The standard InChI is InChI=1S/C12H13N5O4/c1-20-9-4-2-3-8(5-9)7-21-11-10(17(18)19)6-14-12(15-11)16-13/h2-6H,7,13H2,1H3,(H,14,15,16). The maximum atomic E-state index is 10.9. The number of anilines is 1. The number of nitrogens with zero attached hydrogens (tertiary/aromatic N) is 3. The molecule has 2 rings (SSSR count). The molecule has 0 bridgehead atoms. The van der Waals surface area contributed by atoms with Crippen LogP contribution in [0, 0.1) is 10.1 Å². The van der Waals surface area contributed by atoms with Crippen LogP contribution in [-0.4, -0.2) is 22.0 Å². The van der Waals surface area contributed by atoms with Gasteiger partial charge in [0.25, 0.3) is 5.88 Å². The van der Waals surface area contributed by atoms with Gasteiger partial charge in [-0.2, -0.15) is 4.98 Å². The third-order valence-electron chi connectivity index (χ3n) is 2.57. The first-order valence-electron chi connectivity index (χ1n) is 5.88. The maximum absolute atomic E-state index is 10.9. The van der Waals surface area contributed by atoms with E-state index in [0.717, 1.165) is 11.8 Å². The lowest BCUT2D eigenvalue weighted by atomic mass is 10.2. The highest BCUT2D eigenvalue weighted by molar-refractivity contribution is 5.42. The summed E-state index contributed by atoms with van der Waals surface area (Å²) in [6.45, 7) is 0.0963. The molecule has 0 unspecified atom stereocenters. The Balaban J connectivity index is 2.19. The number of methoxy groups -OCH3 is 1. The average Bonchev–Trinajstić information content (AvgIpc) is 2.52. The van der Waals surface area contributed by atoms with Crippen LogP contribution >= 0.6 is 0 Å². The van der Waals surface area contributed by atoms with Crippen molar-refractivity contribution in [2.24, 2.45) is 5.84 Å². The molecule has 1 aromatic carbocycles. The molecule has 2 aromatic rings. The van der Waals surface area contributed by atoms with E-state index < -0.39 is 4.92 Å². The molecular formula is C12H13N5O4. The molecule has 0 aliphatic rings. The van der Waals surface area contributed by atoms with Crippen LogP contribution in [0.15, 0.2) is 30.5 Å². The van der Waals surface area contributed by atoms with Crippen molar-refractivity contribution in [2.75, 3.05) is 12.5 Å². The largest absolute Gasteiger partial charge is 0.497 e. The Bertz CT molecular complexity index is 649. The summed E-state index contributed by atoms with van der Waals surface area (Å²) in [4.78, 5) is 17.8. The summed E-state index contributed by atoms with van der Waals surface area (Å²) in [6.07, 6.45) is 1.03. The van der Waals surface area contributed by atoms with E-state index in [0.29, 0.717) is 5.75 Å². The number of benzene rings is 1. The Labute approximate surface area is 119 Å². The van der Waals surface area contributed by atoms with Gasteiger partial charge in [0, 0.05) is 0 Å². The fraction of sp³-hybridized carbons (Fsp3) is 0.167. The van der Waals surface area contributed by atoms with Crippen LogP contribution in [0.25, 0.3) is 0 Å². The van der Waals surface area contributed by atoms with Gasteiger partial charge >= 0.3 is 5.69 Å². The average molecular weight is 291 g/mol. The number of rotatable bonds is 6. The van der Waals surface area contributed by atoms with Gasteiger partial charge in [0.05, 0.1) is 12.0 Å². The van der Waals surface area contributed by atoms with Gasteiger partial charge in [-0.3, -0.25) is 15.5 Å². The predicted octanol–water partition coefficient (Wildman–Crippen LogP) is 1.26. The van der Waals surface area contributed by atoms with Crippen LogP contribution in [0.4, 0.5) is 11.6 Å². The molecule has 0 aliphatic heterocycles. The van der Waals surface area contributed by atoms with E-state index in [2.05, 4.69) is 15.4 Å². The quantitative estimate of drug-likeness (QED) is 0.463. The minimum atomic E-state index is -0.624. The first kappa shape index (κ1) is 14.5. The van der Waals surface area contributed by atoms with Crippen molar-refractivity contribution in [1.29, 1.82) is 0 Å². The summed E-state index contributed by atoms with van der Waals surface area (Å²) < 4.78 is 10.5. The van der Waals surface area contributed by atoms with Crippen LogP contribution in [0.2, 0.25) is 0 Å². The van der Waals surface area contributed by atoms with Crippen molar-refractivity contribution in [3.63, 3.8) is 0 Å². The van der Waals surface area contributed by atoms with Gasteiger partial charge < -0.3 is 9.47 Å². The monoisotopic (exact) mass is 291 g/mol. The number of hydrogen-bond acceptors (Lipinski definition) is 8. The number of nitrogen functional groups attached to an aromatic ring is 1. The molecule has 0 radical (unpaired) electrons. The van der Waals surface area contributed by atoms with E-state index in [1.165, 1.54) is 0 Å². The zero-order valence-electron chi connectivity index (χ0n) is 11.1. The molecule has 0 saturated carbocycles. The van der Waals surface area contributed by atoms with Crippen LogP contribution in [0.1, 0.15) is 5.56 Å². The molecule has 9 heteroatoms. The van der Waals surface area contributed by atoms with E-state index in [1.807, 2.05) is 0 Å². The zero-order valence-corrected chi connectivity index (χ0v) is 11.1. The lowest BCUT2D eigenvalue weighted by Crippen LogP contribution is -2.12. The minimum Gasteiger partial charge on any atom is -0.497 e. The van der Waals surface area contributed by atoms with Crippen LogP contribution in [-0.2, 0) is 6.61 Å². The molecule has 1 heterocycles. The number of nitro groups is 1. The Morgan fingerprint density at radius 3 is 2.95 bits per heavy atom. The van der Waals surface area contributed by atoms with Gasteiger partial charge in [-0.15, -0.1) is 0 Å². The van der Waals surface area contributed by atoms with Crippen molar-refractivity contribution >= 4 is 11.6 Å². The van der Waals surface area contributed by atoms with E-state index in [-0.39, 0.29) is 24.1 Å². The number of hydrazine groups is 1. The second-order valence-electron chi connectivity index (χ2n) is 3.93. The van der Waals surface area contributed by atoms with Gasteiger partial charge in [-0.05, 0) is 17.7 Å². The Hall–Kier alpha value is -2.94. The van der Waals surface area contributed by atoms with Gasteiger partial charge in [-0.25, -0.2) is 10.8 Å².